The number of aromatic nitrogens is 2. The van der Waals surface area contributed by atoms with Crippen LogP contribution in [0.25, 0.3) is 0 Å². The van der Waals surface area contributed by atoms with Gasteiger partial charge in [-0.25, -0.2) is 0 Å². The molecule has 1 aliphatic rings. The molecule has 0 amide bonds. The van der Waals surface area contributed by atoms with Crippen LogP contribution in [0.15, 0.2) is 6.07 Å². The van der Waals surface area contributed by atoms with Crippen LogP contribution in [0.2, 0.25) is 0 Å². The Balaban J connectivity index is 2.14. The standard InChI is InChI=1S/C10H18N4/c1-14-8(7-11)6-10(13-14)9-4-2-3-5-12-9/h6,9,12H,2-5,7,11H2,1H3. The van der Waals surface area contributed by atoms with Gasteiger partial charge in [0.2, 0.25) is 0 Å². The fourth-order valence-electron chi connectivity index (χ4n) is 2.00. The molecule has 78 valence electrons. The van der Waals surface area contributed by atoms with Gasteiger partial charge in [-0.05, 0) is 25.5 Å². The summed E-state index contributed by atoms with van der Waals surface area (Å²) in [4.78, 5) is 0. The van der Waals surface area contributed by atoms with Crippen LogP contribution in [0.3, 0.4) is 0 Å². The van der Waals surface area contributed by atoms with E-state index in [9.17, 15) is 0 Å². The predicted molar refractivity (Wildman–Crippen MR) is 55.7 cm³/mol. The molecule has 0 aromatic carbocycles. The van der Waals surface area contributed by atoms with E-state index in [2.05, 4.69) is 16.5 Å². The van der Waals surface area contributed by atoms with Crippen molar-refractivity contribution in [2.45, 2.75) is 31.8 Å². The Morgan fingerprint density at radius 3 is 3.07 bits per heavy atom. The van der Waals surface area contributed by atoms with Crippen molar-refractivity contribution in [2.24, 2.45) is 12.8 Å². The van der Waals surface area contributed by atoms with Crippen molar-refractivity contribution < 1.29 is 0 Å². The number of hydrogen-bond donors (Lipinski definition) is 2. The molecule has 0 saturated carbocycles. The molecule has 3 N–H and O–H groups in total. The number of aryl methyl sites for hydroxylation is 1. The summed E-state index contributed by atoms with van der Waals surface area (Å²) in [5.74, 6) is 0. The third-order valence-corrected chi connectivity index (χ3v) is 2.87. The highest BCUT2D eigenvalue weighted by atomic mass is 15.3. The van der Waals surface area contributed by atoms with Gasteiger partial charge in [0.25, 0.3) is 0 Å². The predicted octanol–water partition coefficient (Wildman–Crippen LogP) is 0.693. The average molecular weight is 194 g/mol. The Bertz CT molecular complexity index is 299. The molecule has 0 bridgehead atoms. The smallest absolute Gasteiger partial charge is 0.0797 e. The largest absolute Gasteiger partial charge is 0.325 e. The van der Waals surface area contributed by atoms with Gasteiger partial charge < -0.3 is 11.1 Å². The van der Waals surface area contributed by atoms with E-state index in [4.69, 9.17) is 5.73 Å². The first-order valence-electron chi connectivity index (χ1n) is 5.27. The average Bonchev–Trinajstić information content (AvgIpc) is 2.61. The molecule has 1 saturated heterocycles. The molecule has 2 heterocycles. The molecular weight excluding hydrogens is 176 g/mol. The molecule has 1 aliphatic heterocycles. The van der Waals surface area contributed by atoms with E-state index in [0.29, 0.717) is 12.6 Å². The normalized spacial score (nSPS) is 22.6. The van der Waals surface area contributed by atoms with Gasteiger partial charge in [0.15, 0.2) is 0 Å². The lowest BCUT2D eigenvalue weighted by molar-refractivity contribution is 0.402. The summed E-state index contributed by atoms with van der Waals surface area (Å²) < 4.78 is 1.88. The first-order chi connectivity index (χ1) is 6.81. The highest BCUT2D eigenvalue weighted by molar-refractivity contribution is 5.14. The summed E-state index contributed by atoms with van der Waals surface area (Å²) in [6, 6.07) is 2.55. The summed E-state index contributed by atoms with van der Waals surface area (Å²) in [7, 11) is 1.95. The molecule has 4 heteroatoms. The van der Waals surface area contributed by atoms with Crippen molar-refractivity contribution in [3.8, 4) is 0 Å². The monoisotopic (exact) mass is 194 g/mol. The second kappa shape index (κ2) is 4.11. The minimum atomic E-state index is 0.440. The summed E-state index contributed by atoms with van der Waals surface area (Å²) in [5, 5.41) is 7.96. The van der Waals surface area contributed by atoms with Gasteiger partial charge in [0, 0.05) is 13.6 Å². The molecule has 4 nitrogen and oxygen atoms in total. The molecule has 1 aromatic rings. The van der Waals surface area contributed by atoms with Crippen molar-refractivity contribution in [3.05, 3.63) is 17.5 Å². The first kappa shape index (κ1) is 9.68. The highest BCUT2D eigenvalue weighted by Crippen LogP contribution is 2.22. The minimum Gasteiger partial charge on any atom is -0.325 e. The van der Waals surface area contributed by atoms with Gasteiger partial charge in [0.1, 0.15) is 0 Å². The Labute approximate surface area is 84.5 Å². The number of rotatable bonds is 2. The van der Waals surface area contributed by atoms with E-state index in [1.807, 2.05) is 11.7 Å². The summed E-state index contributed by atoms with van der Waals surface area (Å²) in [6.07, 6.45) is 3.78. The highest BCUT2D eigenvalue weighted by Gasteiger charge is 2.17. The molecule has 1 atom stereocenters. The third-order valence-electron chi connectivity index (χ3n) is 2.87. The minimum absolute atomic E-state index is 0.440. The zero-order chi connectivity index (χ0) is 9.97. The Kier molecular flexibility index (Phi) is 2.84. The molecule has 0 spiro atoms. The molecule has 0 radical (unpaired) electrons. The fourth-order valence-corrected chi connectivity index (χ4v) is 2.00. The van der Waals surface area contributed by atoms with Crippen LogP contribution in [0.4, 0.5) is 0 Å². The molecule has 1 aromatic heterocycles. The van der Waals surface area contributed by atoms with E-state index in [1.165, 1.54) is 19.3 Å². The van der Waals surface area contributed by atoms with E-state index < -0.39 is 0 Å². The molecule has 0 aliphatic carbocycles. The lowest BCUT2D eigenvalue weighted by Crippen LogP contribution is -2.27. The summed E-state index contributed by atoms with van der Waals surface area (Å²) >= 11 is 0. The first-order valence-corrected chi connectivity index (χ1v) is 5.27. The summed E-state index contributed by atoms with van der Waals surface area (Å²) in [6.45, 7) is 1.68. The van der Waals surface area contributed by atoms with E-state index in [0.717, 1.165) is 17.9 Å². The van der Waals surface area contributed by atoms with Gasteiger partial charge >= 0.3 is 0 Å². The molecule has 1 unspecified atom stereocenters. The van der Waals surface area contributed by atoms with Crippen LogP contribution < -0.4 is 11.1 Å². The topological polar surface area (TPSA) is 55.9 Å². The van der Waals surface area contributed by atoms with Crippen molar-refractivity contribution in [1.82, 2.24) is 15.1 Å². The lowest BCUT2D eigenvalue weighted by Gasteiger charge is -2.21. The number of nitrogens with zero attached hydrogens (tertiary/aromatic N) is 2. The quantitative estimate of drug-likeness (QED) is 0.728. The van der Waals surface area contributed by atoms with Crippen molar-refractivity contribution >= 4 is 0 Å². The number of piperidine rings is 1. The molecule has 14 heavy (non-hydrogen) atoms. The second-order valence-corrected chi connectivity index (χ2v) is 3.89. The van der Waals surface area contributed by atoms with Crippen molar-refractivity contribution in [3.63, 3.8) is 0 Å². The maximum Gasteiger partial charge on any atom is 0.0797 e. The van der Waals surface area contributed by atoms with Gasteiger partial charge in [-0.1, -0.05) is 6.42 Å². The molecule has 1 fully saturated rings. The van der Waals surface area contributed by atoms with Gasteiger partial charge in [-0.3, -0.25) is 4.68 Å². The van der Waals surface area contributed by atoms with Crippen LogP contribution >= 0.6 is 0 Å². The molecule has 2 rings (SSSR count). The Morgan fingerprint density at radius 1 is 1.64 bits per heavy atom. The van der Waals surface area contributed by atoms with Crippen LogP contribution in [-0.2, 0) is 13.6 Å². The van der Waals surface area contributed by atoms with E-state index >= 15 is 0 Å². The Morgan fingerprint density at radius 2 is 2.50 bits per heavy atom. The SMILES string of the molecule is Cn1nc(C2CCCCN2)cc1CN. The van der Waals surface area contributed by atoms with Gasteiger partial charge in [-0.2, -0.15) is 5.10 Å². The number of hydrogen-bond acceptors (Lipinski definition) is 3. The number of nitrogens with two attached hydrogens (primary N) is 1. The zero-order valence-electron chi connectivity index (χ0n) is 8.66. The lowest BCUT2D eigenvalue weighted by atomic mass is 10.0. The number of nitrogens with one attached hydrogen (secondary N) is 1. The maximum absolute atomic E-state index is 5.61. The maximum atomic E-state index is 5.61. The van der Waals surface area contributed by atoms with E-state index in [-0.39, 0.29) is 0 Å². The van der Waals surface area contributed by atoms with Crippen molar-refractivity contribution in [1.29, 1.82) is 0 Å². The fraction of sp³-hybridized carbons (Fsp3) is 0.700. The Hall–Kier alpha value is -0.870. The zero-order valence-corrected chi connectivity index (χ0v) is 8.66. The third kappa shape index (κ3) is 1.81. The van der Waals surface area contributed by atoms with Crippen LogP contribution in [0, 0.1) is 0 Å². The molecular formula is C10H18N4. The van der Waals surface area contributed by atoms with E-state index in [1.54, 1.807) is 0 Å². The van der Waals surface area contributed by atoms with Gasteiger partial charge in [-0.15, -0.1) is 0 Å². The van der Waals surface area contributed by atoms with Crippen LogP contribution in [0.5, 0.6) is 0 Å². The van der Waals surface area contributed by atoms with Crippen molar-refractivity contribution in [2.75, 3.05) is 6.54 Å². The summed E-state index contributed by atoms with van der Waals surface area (Å²) in [5.41, 5.74) is 7.86. The van der Waals surface area contributed by atoms with Gasteiger partial charge in [0.05, 0.1) is 17.4 Å². The van der Waals surface area contributed by atoms with Crippen LogP contribution in [-0.4, -0.2) is 16.3 Å². The van der Waals surface area contributed by atoms with Crippen LogP contribution in [0.1, 0.15) is 36.7 Å². The second-order valence-electron chi connectivity index (χ2n) is 3.89.